The molecule has 1 amide bonds. The third kappa shape index (κ3) is 1.54. The lowest BCUT2D eigenvalue weighted by molar-refractivity contribution is 0.1000. The summed E-state index contributed by atoms with van der Waals surface area (Å²) < 4.78 is 0. The largest absolute Gasteiger partial charge is 0.366 e. The monoisotopic (exact) mass is 206 g/mol. The molecule has 2 aromatic rings. The lowest BCUT2D eigenvalue weighted by Crippen LogP contribution is -2.10. The molecule has 0 aliphatic rings. The van der Waals surface area contributed by atoms with Gasteiger partial charge in [-0.1, -0.05) is 11.6 Å². The van der Waals surface area contributed by atoms with Crippen LogP contribution in [-0.2, 0) is 0 Å². The van der Waals surface area contributed by atoms with E-state index in [0.29, 0.717) is 10.6 Å². The van der Waals surface area contributed by atoms with Crippen LogP contribution in [0.1, 0.15) is 10.4 Å². The Morgan fingerprint density at radius 2 is 2.14 bits per heavy atom. The van der Waals surface area contributed by atoms with Crippen molar-refractivity contribution in [3.8, 4) is 0 Å². The van der Waals surface area contributed by atoms with Gasteiger partial charge in [-0.05, 0) is 24.3 Å². The van der Waals surface area contributed by atoms with E-state index in [2.05, 4.69) is 4.98 Å². The molecule has 0 aliphatic carbocycles. The number of hydrogen-bond acceptors (Lipinski definition) is 2. The molecule has 14 heavy (non-hydrogen) atoms. The van der Waals surface area contributed by atoms with Crippen LogP contribution in [0.5, 0.6) is 0 Å². The average molecular weight is 207 g/mol. The molecule has 4 heteroatoms. The summed E-state index contributed by atoms with van der Waals surface area (Å²) in [5.74, 6) is -0.487. The summed E-state index contributed by atoms with van der Waals surface area (Å²) >= 11 is 5.81. The standard InChI is InChI=1S/C10H7ClN2O/c11-8-1-2-9-6(4-8)3-7(5-13-9)10(12)14/h1-5H,(H2,12,14). The SMILES string of the molecule is NC(=O)c1cnc2ccc(Cl)cc2c1. The fraction of sp³-hybridized carbons (Fsp3) is 0. The van der Waals surface area contributed by atoms with Gasteiger partial charge < -0.3 is 5.73 Å². The normalized spacial score (nSPS) is 10.4. The van der Waals surface area contributed by atoms with Gasteiger partial charge in [0.2, 0.25) is 5.91 Å². The van der Waals surface area contributed by atoms with Gasteiger partial charge in [0.15, 0.2) is 0 Å². The highest BCUT2D eigenvalue weighted by molar-refractivity contribution is 6.31. The van der Waals surface area contributed by atoms with E-state index in [1.807, 2.05) is 0 Å². The maximum Gasteiger partial charge on any atom is 0.250 e. The van der Waals surface area contributed by atoms with E-state index >= 15 is 0 Å². The van der Waals surface area contributed by atoms with Gasteiger partial charge in [-0.2, -0.15) is 0 Å². The maximum atomic E-state index is 10.9. The summed E-state index contributed by atoms with van der Waals surface area (Å²) in [6, 6.07) is 6.97. The zero-order valence-electron chi connectivity index (χ0n) is 7.20. The van der Waals surface area contributed by atoms with Crippen LogP contribution in [0.15, 0.2) is 30.5 Å². The second kappa shape index (κ2) is 3.27. The van der Waals surface area contributed by atoms with Crippen molar-refractivity contribution in [1.82, 2.24) is 4.98 Å². The van der Waals surface area contributed by atoms with E-state index in [0.717, 1.165) is 10.9 Å². The molecule has 2 rings (SSSR count). The summed E-state index contributed by atoms with van der Waals surface area (Å²) in [5, 5.41) is 1.43. The minimum Gasteiger partial charge on any atom is -0.366 e. The van der Waals surface area contributed by atoms with Crippen molar-refractivity contribution in [2.45, 2.75) is 0 Å². The van der Waals surface area contributed by atoms with E-state index in [1.165, 1.54) is 6.20 Å². The molecule has 0 fully saturated rings. The van der Waals surface area contributed by atoms with Gasteiger partial charge >= 0.3 is 0 Å². The minimum absolute atomic E-state index is 0.389. The Bertz CT molecular complexity index is 510. The summed E-state index contributed by atoms with van der Waals surface area (Å²) in [5.41, 5.74) is 6.31. The lowest BCUT2D eigenvalue weighted by Gasteiger charge is -1.99. The minimum atomic E-state index is -0.487. The number of carbonyl (C=O) groups excluding carboxylic acids is 1. The van der Waals surface area contributed by atoms with Gasteiger partial charge in [0.1, 0.15) is 0 Å². The third-order valence-electron chi connectivity index (χ3n) is 1.93. The molecule has 2 N–H and O–H groups in total. The number of carbonyl (C=O) groups is 1. The van der Waals surface area contributed by atoms with Crippen molar-refractivity contribution in [2.24, 2.45) is 5.73 Å². The zero-order valence-corrected chi connectivity index (χ0v) is 7.95. The molecule has 3 nitrogen and oxygen atoms in total. The second-order valence-corrected chi connectivity index (χ2v) is 3.36. The number of nitrogens with two attached hydrogens (primary N) is 1. The highest BCUT2D eigenvalue weighted by Crippen LogP contribution is 2.18. The Morgan fingerprint density at radius 3 is 2.86 bits per heavy atom. The van der Waals surface area contributed by atoms with Crippen LogP contribution in [0.4, 0.5) is 0 Å². The van der Waals surface area contributed by atoms with Crippen LogP contribution in [0.2, 0.25) is 5.02 Å². The average Bonchev–Trinajstić information content (AvgIpc) is 2.16. The smallest absolute Gasteiger partial charge is 0.250 e. The Kier molecular flexibility index (Phi) is 2.09. The molecule has 1 aromatic heterocycles. The van der Waals surface area contributed by atoms with Gasteiger partial charge in [-0.15, -0.1) is 0 Å². The molecule has 0 saturated heterocycles. The number of aromatic nitrogens is 1. The molecule has 0 unspecified atom stereocenters. The molecule has 0 saturated carbocycles. The predicted molar refractivity (Wildman–Crippen MR) is 55.3 cm³/mol. The molecule has 0 aliphatic heterocycles. The molecular formula is C10H7ClN2O. The van der Waals surface area contributed by atoms with Gasteiger partial charge in [0, 0.05) is 16.6 Å². The molecule has 0 radical (unpaired) electrons. The van der Waals surface area contributed by atoms with Crippen molar-refractivity contribution in [2.75, 3.05) is 0 Å². The van der Waals surface area contributed by atoms with Crippen LogP contribution in [-0.4, -0.2) is 10.9 Å². The van der Waals surface area contributed by atoms with Crippen LogP contribution in [0.25, 0.3) is 10.9 Å². The van der Waals surface area contributed by atoms with Crippen LogP contribution in [0.3, 0.4) is 0 Å². The van der Waals surface area contributed by atoms with Gasteiger partial charge in [0.05, 0.1) is 11.1 Å². The maximum absolute atomic E-state index is 10.9. The van der Waals surface area contributed by atoms with Crippen molar-refractivity contribution >= 4 is 28.4 Å². The van der Waals surface area contributed by atoms with E-state index in [4.69, 9.17) is 17.3 Å². The number of pyridine rings is 1. The second-order valence-electron chi connectivity index (χ2n) is 2.93. The van der Waals surface area contributed by atoms with Crippen molar-refractivity contribution in [1.29, 1.82) is 0 Å². The Hall–Kier alpha value is -1.61. The highest BCUT2D eigenvalue weighted by atomic mass is 35.5. The highest BCUT2D eigenvalue weighted by Gasteiger charge is 2.02. The topological polar surface area (TPSA) is 56.0 Å². The first kappa shape index (κ1) is 8.97. The van der Waals surface area contributed by atoms with E-state index < -0.39 is 5.91 Å². The number of hydrogen-bond donors (Lipinski definition) is 1. The molecule has 1 heterocycles. The fourth-order valence-corrected chi connectivity index (χ4v) is 1.42. The molecule has 0 bridgehead atoms. The number of amides is 1. The first-order valence-electron chi connectivity index (χ1n) is 4.02. The third-order valence-corrected chi connectivity index (χ3v) is 2.16. The number of nitrogens with zero attached hydrogens (tertiary/aromatic N) is 1. The van der Waals surface area contributed by atoms with Crippen LogP contribution in [0, 0.1) is 0 Å². The quantitative estimate of drug-likeness (QED) is 0.776. The summed E-state index contributed by atoms with van der Waals surface area (Å²) in [6.45, 7) is 0. The lowest BCUT2D eigenvalue weighted by atomic mass is 10.1. The van der Waals surface area contributed by atoms with Crippen molar-refractivity contribution in [3.05, 3.63) is 41.0 Å². The van der Waals surface area contributed by atoms with Gasteiger partial charge in [-0.25, -0.2) is 0 Å². The van der Waals surface area contributed by atoms with Gasteiger partial charge in [0.25, 0.3) is 0 Å². The van der Waals surface area contributed by atoms with Crippen molar-refractivity contribution < 1.29 is 4.79 Å². The van der Waals surface area contributed by atoms with E-state index in [-0.39, 0.29) is 0 Å². The number of halogens is 1. The summed E-state index contributed by atoms with van der Waals surface area (Å²) in [7, 11) is 0. The van der Waals surface area contributed by atoms with E-state index in [1.54, 1.807) is 24.3 Å². The Labute approximate surface area is 85.5 Å². The number of benzene rings is 1. The summed E-state index contributed by atoms with van der Waals surface area (Å²) in [6.07, 6.45) is 1.46. The molecule has 0 spiro atoms. The Morgan fingerprint density at radius 1 is 1.36 bits per heavy atom. The van der Waals surface area contributed by atoms with Crippen molar-refractivity contribution in [3.63, 3.8) is 0 Å². The number of rotatable bonds is 1. The molecular weight excluding hydrogens is 200 g/mol. The first-order chi connectivity index (χ1) is 6.66. The fourth-order valence-electron chi connectivity index (χ4n) is 1.24. The number of fused-ring (bicyclic) bond motifs is 1. The number of primary amides is 1. The van der Waals surface area contributed by atoms with Crippen LogP contribution >= 0.6 is 11.6 Å². The molecule has 1 aromatic carbocycles. The first-order valence-corrected chi connectivity index (χ1v) is 4.40. The molecule has 70 valence electrons. The molecule has 0 atom stereocenters. The van der Waals surface area contributed by atoms with E-state index in [9.17, 15) is 4.79 Å². The van der Waals surface area contributed by atoms with Crippen LogP contribution < -0.4 is 5.73 Å². The predicted octanol–water partition coefficient (Wildman–Crippen LogP) is 1.99. The summed E-state index contributed by atoms with van der Waals surface area (Å²) in [4.78, 5) is 15.0. The Balaban J connectivity index is 2.69. The van der Waals surface area contributed by atoms with Gasteiger partial charge in [-0.3, -0.25) is 9.78 Å². The zero-order chi connectivity index (χ0) is 10.1.